The molecule has 0 atom stereocenters. The van der Waals surface area contributed by atoms with E-state index in [9.17, 15) is 24.1 Å². The lowest BCUT2D eigenvalue weighted by atomic mass is 10.2. The van der Waals surface area contributed by atoms with Crippen LogP contribution in [-0.4, -0.2) is 28.5 Å². The molecule has 1 aromatic heterocycles. The van der Waals surface area contributed by atoms with Crippen molar-refractivity contribution in [2.45, 2.75) is 19.4 Å². The number of fused-ring (bicyclic) bond motifs is 1. The molecule has 1 N–H and O–H groups in total. The number of nitro benzene ring substituents is 1. The van der Waals surface area contributed by atoms with Crippen molar-refractivity contribution in [3.63, 3.8) is 0 Å². The number of ether oxygens (including phenoxy) is 1. The van der Waals surface area contributed by atoms with Crippen molar-refractivity contribution in [2.75, 3.05) is 13.2 Å². The van der Waals surface area contributed by atoms with Crippen molar-refractivity contribution in [3.8, 4) is 5.75 Å². The quantitative estimate of drug-likeness (QED) is 0.333. The van der Waals surface area contributed by atoms with E-state index in [2.05, 4.69) is 5.32 Å². The zero-order valence-corrected chi connectivity index (χ0v) is 15.3. The van der Waals surface area contributed by atoms with Gasteiger partial charge in [0.2, 0.25) is 5.91 Å². The van der Waals surface area contributed by atoms with Crippen molar-refractivity contribution >= 4 is 22.7 Å². The van der Waals surface area contributed by atoms with Crippen LogP contribution in [-0.2, 0) is 11.3 Å². The molecule has 0 spiro atoms. The molecular formula is C19H18FN3O6. The highest BCUT2D eigenvalue weighted by Crippen LogP contribution is 2.20. The van der Waals surface area contributed by atoms with Gasteiger partial charge in [0.1, 0.15) is 18.2 Å². The summed E-state index contributed by atoms with van der Waals surface area (Å²) in [6, 6.07) is 9.64. The number of carbonyl (C=O) groups excluding carboxylic acids is 1. The van der Waals surface area contributed by atoms with E-state index >= 15 is 0 Å². The number of nitro groups is 1. The number of oxazole rings is 1. The van der Waals surface area contributed by atoms with Crippen molar-refractivity contribution in [1.29, 1.82) is 0 Å². The standard InChI is InChI=1S/C19H18FN3O6/c20-13-3-1-4-15(11-13)28-10-8-21-18(24)5-2-9-22-16-7-6-14(23(26)27)12-17(16)29-19(22)25/h1,3-4,6-7,11-12H,2,5,8-10H2,(H,21,24). The molecule has 0 aliphatic carbocycles. The number of aryl methyl sites for hydroxylation is 1. The van der Waals surface area contributed by atoms with Gasteiger partial charge in [-0.1, -0.05) is 6.07 Å². The zero-order valence-electron chi connectivity index (χ0n) is 15.3. The monoisotopic (exact) mass is 403 g/mol. The van der Waals surface area contributed by atoms with E-state index in [1.54, 1.807) is 6.07 Å². The summed E-state index contributed by atoms with van der Waals surface area (Å²) < 4.78 is 24.7. The second-order valence-corrected chi connectivity index (χ2v) is 6.19. The van der Waals surface area contributed by atoms with Crippen molar-refractivity contribution in [3.05, 3.63) is 68.9 Å². The first-order valence-corrected chi connectivity index (χ1v) is 8.87. The van der Waals surface area contributed by atoms with E-state index in [0.29, 0.717) is 17.7 Å². The summed E-state index contributed by atoms with van der Waals surface area (Å²) in [4.78, 5) is 34.1. The molecule has 152 valence electrons. The topological polar surface area (TPSA) is 117 Å². The van der Waals surface area contributed by atoms with Crippen LogP contribution in [0.4, 0.5) is 10.1 Å². The third kappa shape index (κ3) is 5.18. The van der Waals surface area contributed by atoms with Gasteiger partial charge < -0.3 is 14.5 Å². The lowest BCUT2D eigenvalue weighted by Crippen LogP contribution is -2.28. The van der Waals surface area contributed by atoms with E-state index in [1.165, 1.54) is 41.0 Å². The second-order valence-electron chi connectivity index (χ2n) is 6.19. The lowest BCUT2D eigenvalue weighted by molar-refractivity contribution is -0.384. The summed E-state index contributed by atoms with van der Waals surface area (Å²) in [5.74, 6) is -0.873. The van der Waals surface area contributed by atoms with E-state index in [-0.39, 0.29) is 43.3 Å². The van der Waals surface area contributed by atoms with E-state index < -0.39 is 16.5 Å². The predicted molar refractivity (Wildman–Crippen MR) is 101 cm³/mol. The van der Waals surface area contributed by atoms with Gasteiger partial charge in [-0.15, -0.1) is 0 Å². The van der Waals surface area contributed by atoms with Gasteiger partial charge in [-0.25, -0.2) is 9.18 Å². The van der Waals surface area contributed by atoms with E-state index in [4.69, 9.17) is 9.15 Å². The highest BCUT2D eigenvalue weighted by Gasteiger charge is 2.14. The Morgan fingerprint density at radius 1 is 1.28 bits per heavy atom. The van der Waals surface area contributed by atoms with Crippen LogP contribution >= 0.6 is 0 Å². The van der Waals surface area contributed by atoms with Gasteiger partial charge in [0.25, 0.3) is 5.69 Å². The Bertz CT molecular complexity index is 1090. The predicted octanol–water partition coefficient (Wildman–Crippen LogP) is 2.62. The Balaban J connectivity index is 1.45. The van der Waals surface area contributed by atoms with Crippen molar-refractivity contribution in [1.82, 2.24) is 9.88 Å². The first-order valence-electron chi connectivity index (χ1n) is 8.87. The smallest absolute Gasteiger partial charge is 0.419 e. The normalized spacial score (nSPS) is 10.8. The summed E-state index contributed by atoms with van der Waals surface area (Å²) in [5, 5.41) is 13.5. The molecule has 1 amide bonds. The second kappa shape index (κ2) is 9.00. The van der Waals surface area contributed by atoms with E-state index in [0.717, 1.165) is 0 Å². The first-order chi connectivity index (χ1) is 13.9. The number of carbonyl (C=O) groups is 1. The van der Waals surface area contributed by atoms with Crippen molar-refractivity contribution in [2.24, 2.45) is 0 Å². The minimum Gasteiger partial charge on any atom is -0.492 e. The number of nitrogens with zero attached hydrogens (tertiary/aromatic N) is 2. The van der Waals surface area contributed by atoms with Crippen LogP contribution in [0.5, 0.6) is 5.75 Å². The highest BCUT2D eigenvalue weighted by atomic mass is 19.1. The molecule has 29 heavy (non-hydrogen) atoms. The van der Waals surface area contributed by atoms with Gasteiger partial charge >= 0.3 is 5.76 Å². The maximum atomic E-state index is 13.0. The zero-order chi connectivity index (χ0) is 20.8. The summed E-state index contributed by atoms with van der Waals surface area (Å²) in [6.45, 7) is 0.685. The minimum atomic E-state index is -0.635. The van der Waals surface area contributed by atoms with Crippen LogP contribution in [0.25, 0.3) is 11.1 Å². The van der Waals surface area contributed by atoms with Gasteiger partial charge in [-0.2, -0.15) is 0 Å². The molecule has 0 bridgehead atoms. The number of halogens is 1. The molecule has 0 saturated carbocycles. The molecule has 0 radical (unpaired) electrons. The first kappa shape index (κ1) is 20.1. The van der Waals surface area contributed by atoms with Gasteiger partial charge in [-0.05, 0) is 24.6 Å². The molecule has 2 aromatic carbocycles. The Labute approximate surface area is 163 Å². The molecule has 0 aliphatic heterocycles. The Kier molecular flexibility index (Phi) is 6.22. The third-order valence-corrected chi connectivity index (χ3v) is 4.14. The molecule has 0 fully saturated rings. The SMILES string of the molecule is O=C(CCCn1c(=O)oc2cc([N+](=O)[O-])ccc21)NCCOc1cccc(F)c1. The number of hydrogen-bond donors (Lipinski definition) is 1. The third-order valence-electron chi connectivity index (χ3n) is 4.14. The van der Waals surface area contributed by atoms with Gasteiger partial charge in [0.05, 0.1) is 23.1 Å². The van der Waals surface area contributed by atoms with Crippen LogP contribution in [0, 0.1) is 15.9 Å². The Hall–Kier alpha value is -3.69. The largest absolute Gasteiger partial charge is 0.492 e. The van der Waals surface area contributed by atoms with Gasteiger partial charge in [0, 0.05) is 25.1 Å². The molecule has 9 nitrogen and oxygen atoms in total. The summed E-state index contributed by atoms with van der Waals surface area (Å²) in [6.07, 6.45) is 0.550. The van der Waals surface area contributed by atoms with E-state index in [1.807, 2.05) is 0 Å². The summed E-state index contributed by atoms with van der Waals surface area (Å²) in [5.41, 5.74) is 0.394. The number of nitrogens with one attached hydrogen (secondary N) is 1. The van der Waals surface area contributed by atoms with Crippen molar-refractivity contribution < 1.29 is 23.3 Å². The summed E-state index contributed by atoms with van der Waals surface area (Å²) in [7, 11) is 0. The van der Waals surface area contributed by atoms with Crippen LogP contribution in [0.2, 0.25) is 0 Å². The minimum absolute atomic E-state index is 0.128. The Morgan fingerprint density at radius 3 is 2.86 bits per heavy atom. The van der Waals surface area contributed by atoms with Crippen LogP contribution < -0.4 is 15.8 Å². The maximum absolute atomic E-state index is 13.0. The number of hydrogen-bond acceptors (Lipinski definition) is 6. The molecule has 0 aliphatic rings. The lowest BCUT2D eigenvalue weighted by Gasteiger charge is -2.08. The average molecular weight is 403 g/mol. The number of non-ortho nitro benzene ring substituents is 1. The molecule has 0 saturated heterocycles. The molecular weight excluding hydrogens is 385 g/mol. The van der Waals surface area contributed by atoms with Crippen LogP contribution in [0.15, 0.2) is 51.7 Å². The number of rotatable bonds is 9. The van der Waals surface area contributed by atoms with Gasteiger partial charge in [0.15, 0.2) is 5.58 Å². The fourth-order valence-electron chi connectivity index (χ4n) is 2.78. The fourth-order valence-corrected chi connectivity index (χ4v) is 2.78. The molecule has 10 heteroatoms. The highest BCUT2D eigenvalue weighted by molar-refractivity contribution is 5.76. The Morgan fingerprint density at radius 2 is 2.10 bits per heavy atom. The van der Waals surface area contributed by atoms with Crippen LogP contribution in [0.1, 0.15) is 12.8 Å². The summed E-state index contributed by atoms with van der Waals surface area (Å²) >= 11 is 0. The molecule has 3 rings (SSSR count). The molecule has 1 heterocycles. The average Bonchev–Trinajstić information content (AvgIpc) is 3.00. The maximum Gasteiger partial charge on any atom is 0.419 e. The number of amides is 1. The molecule has 3 aromatic rings. The van der Waals surface area contributed by atoms with Gasteiger partial charge in [-0.3, -0.25) is 19.5 Å². The number of benzene rings is 2. The van der Waals surface area contributed by atoms with Crippen LogP contribution in [0.3, 0.4) is 0 Å². The molecule has 0 unspecified atom stereocenters. The fraction of sp³-hybridized carbons (Fsp3) is 0.263. The number of aromatic nitrogens is 1.